The Morgan fingerprint density at radius 2 is 1.95 bits per heavy atom. The van der Waals surface area contributed by atoms with E-state index in [9.17, 15) is 17.2 Å². The lowest BCUT2D eigenvalue weighted by molar-refractivity contribution is 0.548. The van der Waals surface area contributed by atoms with Crippen molar-refractivity contribution < 1.29 is 17.2 Å². The van der Waals surface area contributed by atoms with Crippen molar-refractivity contribution in [3.8, 4) is 0 Å². The topological polar surface area (TPSA) is 59.1 Å². The molecular formula is C12H8BrClF2N2O2S. The molecule has 0 saturated carbocycles. The fraction of sp³-hybridized carbons (Fsp3) is 0.0833. The predicted octanol–water partition coefficient (Wildman–Crippen LogP) is 3.88. The molecule has 2 aromatic rings. The summed E-state index contributed by atoms with van der Waals surface area (Å²) in [6.45, 7) is 1.64. The third-order valence-electron chi connectivity index (χ3n) is 2.50. The first-order valence-corrected chi connectivity index (χ1v) is 8.15. The number of hydrogen-bond acceptors (Lipinski definition) is 3. The van der Waals surface area contributed by atoms with E-state index in [2.05, 4.69) is 25.6 Å². The molecule has 0 radical (unpaired) electrons. The van der Waals surface area contributed by atoms with Crippen LogP contribution in [0.4, 0.5) is 14.5 Å². The molecule has 0 amide bonds. The van der Waals surface area contributed by atoms with E-state index >= 15 is 0 Å². The molecule has 9 heteroatoms. The van der Waals surface area contributed by atoms with Gasteiger partial charge in [-0.1, -0.05) is 11.6 Å². The molecule has 0 spiro atoms. The molecule has 4 nitrogen and oxygen atoms in total. The Bertz CT molecular complexity index is 792. The lowest BCUT2D eigenvalue weighted by Crippen LogP contribution is -2.16. The lowest BCUT2D eigenvalue weighted by Gasteiger charge is -2.11. The van der Waals surface area contributed by atoms with Crippen LogP contribution in [0.1, 0.15) is 5.56 Å². The fourth-order valence-corrected chi connectivity index (χ4v) is 3.91. The summed E-state index contributed by atoms with van der Waals surface area (Å²) >= 11 is 8.58. The molecule has 0 bridgehead atoms. The van der Waals surface area contributed by atoms with E-state index in [0.29, 0.717) is 11.6 Å². The van der Waals surface area contributed by atoms with E-state index in [1.54, 1.807) is 6.92 Å². The number of nitrogens with zero attached hydrogens (tertiary/aromatic N) is 1. The van der Waals surface area contributed by atoms with Gasteiger partial charge in [0.1, 0.15) is 21.7 Å². The van der Waals surface area contributed by atoms with Crippen molar-refractivity contribution in [1.82, 2.24) is 4.98 Å². The van der Waals surface area contributed by atoms with Gasteiger partial charge in [0, 0.05) is 10.5 Å². The SMILES string of the molecule is Cc1cc(NS(=O)(=O)c2c(F)cc(F)cc2Br)cnc1Cl. The van der Waals surface area contributed by atoms with Gasteiger partial charge in [-0.25, -0.2) is 22.2 Å². The number of nitrogens with one attached hydrogen (secondary N) is 1. The molecule has 0 saturated heterocycles. The maximum atomic E-state index is 13.7. The monoisotopic (exact) mass is 396 g/mol. The van der Waals surface area contributed by atoms with Crippen molar-refractivity contribution in [2.45, 2.75) is 11.8 Å². The van der Waals surface area contributed by atoms with Crippen molar-refractivity contribution in [3.05, 3.63) is 51.2 Å². The van der Waals surface area contributed by atoms with Crippen LogP contribution < -0.4 is 4.72 Å². The van der Waals surface area contributed by atoms with Crippen LogP contribution in [0.3, 0.4) is 0 Å². The first kappa shape index (κ1) is 16.1. The van der Waals surface area contributed by atoms with Crippen LogP contribution in [0.5, 0.6) is 0 Å². The Morgan fingerprint density at radius 1 is 1.29 bits per heavy atom. The number of anilines is 1. The maximum absolute atomic E-state index is 13.7. The molecule has 0 aliphatic heterocycles. The Kier molecular flexibility index (Phi) is 4.50. The third-order valence-corrected chi connectivity index (χ3v) is 5.24. The summed E-state index contributed by atoms with van der Waals surface area (Å²) in [4.78, 5) is 3.10. The van der Waals surface area contributed by atoms with E-state index in [1.165, 1.54) is 12.3 Å². The number of sulfonamides is 1. The number of hydrogen-bond donors (Lipinski definition) is 1. The van der Waals surface area contributed by atoms with E-state index in [0.717, 1.165) is 6.07 Å². The number of rotatable bonds is 3. The zero-order valence-corrected chi connectivity index (χ0v) is 13.7. The van der Waals surface area contributed by atoms with Crippen LogP contribution in [-0.4, -0.2) is 13.4 Å². The highest BCUT2D eigenvalue weighted by Gasteiger charge is 2.24. The normalized spacial score (nSPS) is 11.5. The number of halogens is 4. The van der Waals surface area contributed by atoms with Crippen molar-refractivity contribution in [1.29, 1.82) is 0 Å². The molecule has 1 aromatic heterocycles. The minimum Gasteiger partial charge on any atom is -0.278 e. The molecule has 1 N–H and O–H groups in total. The smallest absolute Gasteiger partial charge is 0.266 e. The second kappa shape index (κ2) is 5.86. The van der Waals surface area contributed by atoms with Crippen molar-refractivity contribution >= 4 is 43.2 Å². The molecule has 2 rings (SSSR count). The van der Waals surface area contributed by atoms with Gasteiger partial charge in [0.25, 0.3) is 10.0 Å². The number of pyridine rings is 1. The average molecular weight is 398 g/mol. The standard InChI is InChI=1S/C12H8BrClF2N2O2S/c1-6-2-8(5-17-12(6)14)18-21(19,20)11-9(13)3-7(15)4-10(11)16/h2-5,18H,1H3. The molecule has 0 fully saturated rings. The summed E-state index contributed by atoms with van der Waals surface area (Å²) in [6, 6.07) is 2.80. The second-order valence-electron chi connectivity index (χ2n) is 4.14. The molecule has 0 atom stereocenters. The first-order valence-electron chi connectivity index (χ1n) is 5.50. The summed E-state index contributed by atoms with van der Waals surface area (Å²) in [7, 11) is -4.24. The number of aryl methyl sites for hydroxylation is 1. The molecule has 0 aliphatic rings. The Balaban J connectivity index is 2.46. The Hall–Kier alpha value is -1.25. The highest BCUT2D eigenvalue weighted by atomic mass is 79.9. The average Bonchev–Trinajstić information content (AvgIpc) is 2.31. The predicted molar refractivity (Wildman–Crippen MR) is 78.9 cm³/mol. The molecule has 0 aliphatic carbocycles. The summed E-state index contributed by atoms with van der Waals surface area (Å²) in [5.41, 5.74) is 0.669. The zero-order valence-electron chi connectivity index (χ0n) is 10.5. The van der Waals surface area contributed by atoms with Gasteiger partial charge < -0.3 is 0 Å². The molecule has 112 valence electrons. The fourth-order valence-electron chi connectivity index (χ4n) is 1.61. The minimum atomic E-state index is -4.24. The van der Waals surface area contributed by atoms with Crippen LogP contribution in [-0.2, 0) is 10.0 Å². The van der Waals surface area contributed by atoms with E-state index in [1.807, 2.05) is 0 Å². The van der Waals surface area contributed by atoms with Crippen molar-refractivity contribution in [2.24, 2.45) is 0 Å². The number of benzene rings is 1. The first-order chi connectivity index (χ1) is 9.70. The molecule has 1 aromatic carbocycles. The van der Waals surface area contributed by atoms with E-state index < -0.39 is 26.6 Å². The Morgan fingerprint density at radius 3 is 2.52 bits per heavy atom. The van der Waals surface area contributed by atoms with Crippen LogP contribution in [0.2, 0.25) is 5.15 Å². The lowest BCUT2D eigenvalue weighted by atomic mass is 10.3. The van der Waals surface area contributed by atoms with Crippen LogP contribution in [0, 0.1) is 18.6 Å². The second-order valence-corrected chi connectivity index (χ2v) is 6.97. The van der Waals surface area contributed by atoms with Crippen LogP contribution in [0.15, 0.2) is 33.8 Å². The Labute approximate surface area is 133 Å². The van der Waals surface area contributed by atoms with E-state index in [4.69, 9.17) is 11.6 Å². The van der Waals surface area contributed by atoms with Crippen molar-refractivity contribution in [3.63, 3.8) is 0 Å². The van der Waals surface area contributed by atoms with Crippen molar-refractivity contribution in [2.75, 3.05) is 4.72 Å². The van der Waals surface area contributed by atoms with Gasteiger partial charge in [0.15, 0.2) is 0 Å². The molecular weight excluding hydrogens is 390 g/mol. The summed E-state index contributed by atoms with van der Waals surface area (Å²) < 4.78 is 53.1. The highest BCUT2D eigenvalue weighted by Crippen LogP contribution is 2.28. The van der Waals surface area contributed by atoms with Crippen LogP contribution in [0.25, 0.3) is 0 Å². The summed E-state index contributed by atoms with van der Waals surface area (Å²) in [5, 5.41) is 0.229. The van der Waals surface area contributed by atoms with Crippen LogP contribution >= 0.6 is 27.5 Å². The zero-order chi connectivity index (χ0) is 15.8. The minimum absolute atomic E-state index is 0.118. The van der Waals surface area contributed by atoms with Gasteiger partial charge >= 0.3 is 0 Å². The summed E-state index contributed by atoms with van der Waals surface area (Å²) in [5.74, 6) is -2.09. The molecule has 21 heavy (non-hydrogen) atoms. The quantitative estimate of drug-likeness (QED) is 0.800. The highest BCUT2D eigenvalue weighted by molar-refractivity contribution is 9.10. The van der Waals surface area contributed by atoms with Gasteiger partial charge in [-0.3, -0.25) is 4.72 Å². The molecule has 0 unspecified atom stereocenters. The van der Waals surface area contributed by atoms with Gasteiger partial charge in [-0.05, 0) is 40.5 Å². The van der Waals surface area contributed by atoms with Gasteiger partial charge in [-0.15, -0.1) is 0 Å². The van der Waals surface area contributed by atoms with Gasteiger partial charge in [0.2, 0.25) is 0 Å². The number of aromatic nitrogens is 1. The van der Waals surface area contributed by atoms with E-state index in [-0.39, 0.29) is 15.3 Å². The maximum Gasteiger partial charge on any atom is 0.266 e. The van der Waals surface area contributed by atoms with Gasteiger partial charge in [0.05, 0.1) is 11.9 Å². The van der Waals surface area contributed by atoms with Gasteiger partial charge in [-0.2, -0.15) is 0 Å². The summed E-state index contributed by atoms with van der Waals surface area (Å²) in [6.07, 6.45) is 1.20. The third kappa shape index (κ3) is 3.50. The largest absolute Gasteiger partial charge is 0.278 e. The molecule has 1 heterocycles.